The van der Waals surface area contributed by atoms with Crippen LogP contribution in [0.2, 0.25) is 0 Å². The topological polar surface area (TPSA) is 77.0 Å². The molecule has 0 spiro atoms. The van der Waals surface area contributed by atoms with Gasteiger partial charge in [0.1, 0.15) is 0 Å². The molecule has 30 heavy (non-hydrogen) atoms. The maximum absolute atomic E-state index is 12.3. The average molecular weight is 411 g/mol. The number of ketones is 1. The maximum Gasteiger partial charge on any atom is 0.247 e. The van der Waals surface area contributed by atoms with Crippen LogP contribution < -0.4 is 14.9 Å². The van der Waals surface area contributed by atoms with E-state index < -0.39 is 5.91 Å². The van der Waals surface area contributed by atoms with Gasteiger partial charge in [-0.1, -0.05) is 45.0 Å². The molecule has 0 radical (unpaired) electrons. The first-order valence-electron chi connectivity index (χ1n) is 10.1. The Morgan fingerprint density at radius 1 is 0.967 bits per heavy atom. The second-order valence-electron chi connectivity index (χ2n) is 7.79. The number of nitrogens with one attached hydrogen (secondary N) is 1. The van der Waals surface area contributed by atoms with Crippen molar-refractivity contribution in [3.8, 4) is 11.5 Å². The highest BCUT2D eigenvalue weighted by Gasteiger charge is 2.15. The molecule has 0 aliphatic rings. The second-order valence-corrected chi connectivity index (χ2v) is 7.79. The monoisotopic (exact) mass is 410 g/mol. The summed E-state index contributed by atoms with van der Waals surface area (Å²) in [5.74, 6) is 0.557. The largest absolute Gasteiger partial charge is 0.490 e. The predicted octanol–water partition coefficient (Wildman–Crippen LogP) is 4.50. The molecule has 160 valence electrons. The zero-order chi connectivity index (χ0) is 22.1. The average Bonchev–Trinajstić information content (AvgIpc) is 2.69. The molecule has 1 N–H and O–H groups in total. The molecule has 0 heterocycles. The van der Waals surface area contributed by atoms with Crippen molar-refractivity contribution in [1.82, 2.24) is 5.43 Å². The van der Waals surface area contributed by atoms with E-state index in [1.54, 1.807) is 24.3 Å². The highest BCUT2D eigenvalue weighted by molar-refractivity contribution is 6.07. The first-order chi connectivity index (χ1) is 14.2. The lowest BCUT2D eigenvalue weighted by Crippen LogP contribution is -2.21. The Balaban J connectivity index is 1.94. The van der Waals surface area contributed by atoms with Crippen molar-refractivity contribution in [3.05, 3.63) is 59.2 Å². The highest BCUT2D eigenvalue weighted by Crippen LogP contribution is 2.28. The number of benzene rings is 2. The van der Waals surface area contributed by atoms with Crippen LogP contribution in [-0.2, 0) is 10.2 Å². The van der Waals surface area contributed by atoms with E-state index in [4.69, 9.17) is 9.47 Å². The standard InChI is InChI=1S/C24H30N2O4/c1-6-29-21-13-8-17(14-22(21)30-7-2)16-25-26-23(28)15-20(27)18-9-11-19(12-10-18)24(3,4)5/h8-14,16H,6-7,15H2,1-5H3,(H,26,28)/b25-16+. The zero-order valence-electron chi connectivity index (χ0n) is 18.3. The first-order valence-corrected chi connectivity index (χ1v) is 10.1. The summed E-state index contributed by atoms with van der Waals surface area (Å²) in [7, 11) is 0. The molecule has 0 aromatic heterocycles. The molecular formula is C24H30N2O4. The van der Waals surface area contributed by atoms with Gasteiger partial charge in [-0.05, 0) is 48.6 Å². The van der Waals surface area contributed by atoms with Crippen LogP contribution in [0.5, 0.6) is 11.5 Å². The smallest absolute Gasteiger partial charge is 0.247 e. The van der Waals surface area contributed by atoms with E-state index in [-0.39, 0.29) is 17.6 Å². The van der Waals surface area contributed by atoms with E-state index in [9.17, 15) is 9.59 Å². The lowest BCUT2D eigenvalue weighted by atomic mass is 9.86. The number of amides is 1. The number of hydrazone groups is 1. The third kappa shape index (κ3) is 6.72. The number of nitrogens with zero attached hydrogens (tertiary/aromatic N) is 1. The SMILES string of the molecule is CCOc1ccc(/C=N/NC(=O)CC(=O)c2ccc(C(C)(C)C)cc2)cc1OCC. The Morgan fingerprint density at radius 2 is 1.60 bits per heavy atom. The molecule has 2 aromatic carbocycles. The Hall–Kier alpha value is -3.15. The fraction of sp³-hybridized carbons (Fsp3) is 0.375. The number of rotatable bonds is 9. The van der Waals surface area contributed by atoms with Crippen LogP contribution in [0.3, 0.4) is 0 Å². The van der Waals surface area contributed by atoms with Gasteiger partial charge in [-0.2, -0.15) is 5.10 Å². The second kappa shape index (κ2) is 10.6. The minimum atomic E-state index is -0.466. The van der Waals surface area contributed by atoms with Crippen LogP contribution in [0.4, 0.5) is 0 Å². The van der Waals surface area contributed by atoms with Gasteiger partial charge >= 0.3 is 0 Å². The first kappa shape index (κ1) is 23.1. The van der Waals surface area contributed by atoms with E-state index in [0.29, 0.717) is 30.3 Å². The molecule has 0 saturated heterocycles. The molecular weight excluding hydrogens is 380 g/mol. The van der Waals surface area contributed by atoms with E-state index in [0.717, 1.165) is 11.1 Å². The molecule has 0 aliphatic carbocycles. The molecule has 0 aliphatic heterocycles. The van der Waals surface area contributed by atoms with E-state index >= 15 is 0 Å². The summed E-state index contributed by atoms with van der Waals surface area (Å²) in [5.41, 5.74) is 4.79. The van der Waals surface area contributed by atoms with Crippen LogP contribution in [-0.4, -0.2) is 31.1 Å². The van der Waals surface area contributed by atoms with E-state index in [2.05, 4.69) is 31.3 Å². The molecule has 2 rings (SSSR count). The summed E-state index contributed by atoms with van der Waals surface area (Å²) in [4.78, 5) is 24.4. The summed E-state index contributed by atoms with van der Waals surface area (Å²) >= 11 is 0. The molecule has 0 atom stereocenters. The number of Topliss-reactive ketones (excluding diaryl/α,β-unsaturated/α-hetero) is 1. The lowest BCUT2D eigenvalue weighted by Gasteiger charge is -2.18. The number of carbonyl (C=O) groups is 2. The fourth-order valence-electron chi connectivity index (χ4n) is 2.77. The number of ether oxygens (including phenoxy) is 2. The van der Waals surface area contributed by atoms with Gasteiger partial charge in [-0.25, -0.2) is 5.43 Å². The summed E-state index contributed by atoms with van der Waals surface area (Å²) in [6, 6.07) is 12.7. The van der Waals surface area contributed by atoms with Crippen molar-refractivity contribution < 1.29 is 19.1 Å². The maximum atomic E-state index is 12.3. The van der Waals surface area contributed by atoms with Crippen molar-refractivity contribution in [2.45, 2.75) is 46.5 Å². The van der Waals surface area contributed by atoms with Crippen LogP contribution in [0.15, 0.2) is 47.6 Å². The normalized spacial score (nSPS) is 11.4. The van der Waals surface area contributed by atoms with Crippen LogP contribution >= 0.6 is 0 Å². The number of carbonyl (C=O) groups excluding carboxylic acids is 2. The van der Waals surface area contributed by atoms with Crippen molar-refractivity contribution >= 4 is 17.9 Å². The molecule has 0 fully saturated rings. The summed E-state index contributed by atoms with van der Waals surface area (Å²) in [6.07, 6.45) is 1.23. The highest BCUT2D eigenvalue weighted by atomic mass is 16.5. The molecule has 1 amide bonds. The third-order valence-corrected chi connectivity index (χ3v) is 4.36. The van der Waals surface area contributed by atoms with Gasteiger partial charge in [0.15, 0.2) is 17.3 Å². The lowest BCUT2D eigenvalue weighted by molar-refractivity contribution is -0.120. The van der Waals surface area contributed by atoms with Crippen molar-refractivity contribution in [3.63, 3.8) is 0 Å². The number of hydrogen-bond donors (Lipinski definition) is 1. The van der Waals surface area contributed by atoms with Gasteiger partial charge in [0.25, 0.3) is 0 Å². The predicted molar refractivity (Wildman–Crippen MR) is 119 cm³/mol. The van der Waals surface area contributed by atoms with Gasteiger partial charge in [-0.15, -0.1) is 0 Å². The van der Waals surface area contributed by atoms with Crippen LogP contribution in [0.1, 0.15) is 62.5 Å². The van der Waals surface area contributed by atoms with Gasteiger partial charge in [0.05, 0.1) is 25.8 Å². The van der Waals surface area contributed by atoms with Crippen LogP contribution in [0.25, 0.3) is 0 Å². The Kier molecular flexibility index (Phi) is 8.16. The fourth-order valence-corrected chi connectivity index (χ4v) is 2.77. The van der Waals surface area contributed by atoms with Crippen molar-refractivity contribution in [2.75, 3.05) is 13.2 Å². The van der Waals surface area contributed by atoms with Crippen molar-refractivity contribution in [1.29, 1.82) is 0 Å². The van der Waals surface area contributed by atoms with Gasteiger partial charge in [0, 0.05) is 5.56 Å². The van der Waals surface area contributed by atoms with Gasteiger partial charge < -0.3 is 9.47 Å². The molecule has 6 nitrogen and oxygen atoms in total. The minimum Gasteiger partial charge on any atom is -0.490 e. The third-order valence-electron chi connectivity index (χ3n) is 4.36. The molecule has 0 saturated carbocycles. The zero-order valence-corrected chi connectivity index (χ0v) is 18.3. The number of hydrogen-bond acceptors (Lipinski definition) is 5. The minimum absolute atomic E-state index is 0.0105. The Bertz CT molecular complexity index is 896. The quantitative estimate of drug-likeness (QED) is 0.286. The summed E-state index contributed by atoms with van der Waals surface area (Å²) in [6.45, 7) is 11.2. The molecule has 6 heteroatoms. The van der Waals surface area contributed by atoms with E-state index in [1.807, 2.05) is 32.0 Å². The van der Waals surface area contributed by atoms with Crippen LogP contribution in [0, 0.1) is 0 Å². The molecule has 0 unspecified atom stereocenters. The van der Waals surface area contributed by atoms with Gasteiger partial charge in [-0.3, -0.25) is 9.59 Å². The Morgan fingerprint density at radius 3 is 2.20 bits per heavy atom. The Labute approximate surface area is 178 Å². The summed E-state index contributed by atoms with van der Waals surface area (Å²) in [5, 5.41) is 3.94. The molecule has 0 bridgehead atoms. The van der Waals surface area contributed by atoms with Gasteiger partial charge in [0.2, 0.25) is 5.91 Å². The van der Waals surface area contributed by atoms with Crippen molar-refractivity contribution in [2.24, 2.45) is 5.10 Å². The molecule has 2 aromatic rings. The van der Waals surface area contributed by atoms with E-state index in [1.165, 1.54) is 6.21 Å². The summed E-state index contributed by atoms with van der Waals surface area (Å²) < 4.78 is 11.1.